The zero-order valence-electron chi connectivity index (χ0n) is 11.1. The van der Waals surface area contributed by atoms with Gasteiger partial charge in [-0.2, -0.15) is 0 Å². The number of rotatable bonds is 3. The SMILES string of the molecule is NC(C(=O)N1CC2CCCC2C1C(=O)O)c1cccs1. The molecule has 1 aromatic heterocycles. The van der Waals surface area contributed by atoms with E-state index in [1.807, 2.05) is 17.5 Å². The molecule has 1 aliphatic carbocycles. The summed E-state index contributed by atoms with van der Waals surface area (Å²) in [4.78, 5) is 26.4. The molecule has 2 fully saturated rings. The third-order valence-corrected chi connectivity index (χ3v) is 5.50. The zero-order valence-corrected chi connectivity index (χ0v) is 11.9. The van der Waals surface area contributed by atoms with Crippen molar-refractivity contribution < 1.29 is 14.7 Å². The fourth-order valence-corrected chi connectivity index (χ4v) is 4.34. The fourth-order valence-electron chi connectivity index (χ4n) is 3.62. The monoisotopic (exact) mass is 294 g/mol. The normalized spacial score (nSPS) is 30.2. The van der Waals surface area contributed by atoms with Gasteiger partial charge in [0.2, 0.25) is 5.91 Å². The lowest BCUT2D eigenvalue weighted by atomic mass is 9.94. The average Bonchev–Trinajstić information content (AvgIpc) is 3.11. The molecule has 5 nitrogen and oxygen atoms in total. The molecule has 1 amide bonds. The molecule has 1 saturated carbocycles. The van der Waals surface area contributed by atoms with Gasteiger partial charge in [0, 0.05) is 11.4 Å². The molecule has 4 unspecified atom stereocenters. The van der Waals surface area contributed by atoms with Crippen LogP contribution in [0.4, 0.5) is 0 Å². The highest BCUT2D eigenvalue weighted by molar-refractivity contribution is 7.10. The van der Waals surface area contributed by atoms with Crippen LogP contribution in [0, 0.1) is 11.8 Å². The summed E-state index contributed by atoms with van der Waals surface area (Å²) in [6.45, 7) is 0.541. The standard InChI is InChI=1S/C14H18N2O3S/c15-11(10-5-2-6-20-10)13(17)16-7-8-3-1-4-9(8)12(16)14(18)19/h2,5-6,8-9,11-12H,1,3-4,7,15H2,(H,18,19). The van der Waals surface area contributed by atoms with E-state index >= 15 is 0 Å². The van der Waals surface area contributed by atoms with Crippen molar-refractivity contribution in [3.8, 4) is 0 Å². The summed E-state index contributed by atoms with van der Waals surface area (Å²) in [7, 11) is 0. The van der Waals surface area contributed by atoms with Crippen LogP contribution in [-0.4, -0.2) is 34.5 Å². The molecule has 0 aromatic carbocycles. The summed E-state index contributed by atoms with van der Waals surface area (Å²) in [5.41, 5.74) is 6.00. The van der Waals surface area contributed by atoms with Gasteiger partial charge >= 0.3 is 5.97 Å². The highest BCUT2D eigenvalue weighted by Crippen LogP contribution is 2.43. The summed E-state index contributed by atoms with van der Waals surface area (Å²) in [6.07, 6.45) is 2.99. The Kier molecular flexibility index (Phi) is 3.52. The number of carbonyl (C=O) groups is 2. The Labute approximate surface area is 121 Å². The van der Waals surface area contributed by atoms with Crippen LogP contribution in [-0.2, 0) is 9.59 Å². The maximum absolute atomic E-state index is 12.5. The maximum atomic E-state index is 12.5. The van der Waals surface area contributed by atoms with Gasteiger partial charge in [0.25, 0.3) is 0 Å². The number of carboxylic acid groups (broad SMARTS) is 1. The summed E-state index contributed by atoms with van der Waals surface area (Å²) < 4.78 is 0. The minimum atomic E-state index is -0.897. The van der Waals surface area contributed by atoms with Crippen LogP contribution in [0.5, 0.6) is 0 Å². The zero-order chi connectivity index (χ0) is 14.3. The van der Waals surface area contributed by atoms with Gasteiger partial charge in [-0.25, -0.2) is 4.79 Å². The molecule has 4 atom stereocenters. The van der Waals surface area contributed by atoms with Gasteiger partial charge in [-0.1, -0.05) is 12.5 Å². The van der Waals surface area contributed by atoms with Crippen molar-refractivity contribution in [2.75, 3.05) is 6.54 Å². The minimum absolute atomic E-state index is 0.104. The van der Waals surface area contributed by atoms with E-state index in [2.05, 4.69) is 0 Å². The Bertz CT molecular complexity index is 516. The topological polar surface area (TPSA) is 83.6 Å². The van der Waals surface area contributed by atoms with Gasteiger partial charge in [0.1, 0.15) is 12.1 Å². The minimum Gasteiger partial charge on any atom is -0.480 e. The smallest absolute Gasteiger partial charge is 0.326 e. The number of hydrogen-bond donors (Lipinski definition) is 2. The number of fused-ring (bicyclic) bond motifs is 1. The number of amides is 1. The van der Waals surface area contributed by atoms with Gasteiger partial charge < -0.3 is 15.7 Å². The van der Waals surface area contributed by atoms with Crippen molar-refractivity contribution in [2.45, 2.75) is 31.3 Å². The van der Waals surface area contributed by atoms with Crippen LogP contribution in [0.3, 0.4) is 0 Å². The second-order valence-electron chi connectivity index (χ2n) is 5.62. The van der Waals surface area contributed by atoms with Crippen molar-refractivity contribution in [3.63, 3.8) is 0 Å². The van der Waals surface area contributed by atoms with Gasteiger partial charge in [0.15, 0.2) is 0 Å². The van der Waals surface area contributed by atoms with Gasteiger partial charge in [-0.05, 0) is 36.1 Å². The van der Waals surface area contributed by atoms with Crippen LogP contribution in [0.2, 0.25) is 0 Å². The molecule has 20 heavy (non-hydrogen) atoms. The average molecular weight is 294 g/mol. The summed E-state index contributed by atoms with van der Waals surface area (Å²) >= 11 is 1.43. The molecule has 0 radical (unpaired) electrons. The largest absolute Gasteiger partial charge is 0.480 e. The van der Waals surface area contributed by atoms with Crippen molar-refractivity contribution >= 4 is 23.2 Å². The molecule has 108 valence electrons. The van der Waals surface area contributed by atoms with Crippen LogP contribution in [0.25, 0.3) is 0 Å². The number of carboxylic acids is 1. The van der Waals surface area contributed by atoms with Gasteiger partial charge in [0.05, 0.1) is 0 Å². The fraction of sp³-hybridized carbons (Fsp3) is 0.571. The maximum Gasteiger partial charge on any atom is 0.326 e. The second kappa shape index (κ2) is 5.18. The predicted molar refractivity (Wildman–Crippen MR) is 75.2 cm³/mol. The molecule has 1 saturated heterocycles. The third kappa shape index (κ3) is 2.13. The van der Waals surface area contributed by atoms with Crippen LogP contribution in [0.1, 0.15) is 30.2 Å². The van der Waals surface area contributed by atoms with E-state index in [-0.39, 0.29) is 11.8 Å². The van der Waals surface area contributed by atoms with Crippen molar-refractivity contribution in [2.24, 2.45) is 17.6 Å². The first-order valence-corrected chi connectivity index (χ1v) is 7.80. The molecule has 1 aromatic rings. The van der Waals surface area contributed by atoms with Crippen LogP contribution >= 0.6 is 11.3 Å². The first kappa shape index (κ1) is 13.6. The van der Waals surface area contributed by atoms with Crippen LogP contribution < -0.4 is 5.73 Å². The quantitative estimate of drug-likeness (QED) is 0.884. The highest BCUT2D eigenvalue weighted by Gasteiger charge is 2.50. The Morgan fingerprint density at radius 2 is 2.25 bits per heavy atom. The van der Waals surface area contributed by atoms with E-state index < -0.39 is 18.1 Å². The lowest BCUT2D eigenvalue weighted by Gasteiger charge is -2.26. The molecule has 6 heteroatoms. The first-order chi connectivity index (χ1) is 9.59. The van der Waals surface area contributed by atoms with E-state index in [4.69, 9.17) is 5.73 Å². The van der Waals surface area contributed by atoms with E-state index in [9.17, 15) is 14.7 Å². The number of thiophene rings is 1. The van der Waals surface area contributed by atoms with Gasteiger partial charge in [-0.3, -0.25) is 4.79 Å². The molecule has 2 aliphatic rings. The summed E-state index contributed by atoms with van der Waals surface area (Å²) in [5, 5.41) is 11.3. The predicted octanol–water partition coefficient (Wildman–Crippen LogP) is 1.46. The van der Waals surface area contributed by atoms with Crippen molar-refractivity contribution in [1.82, 2.24) is 4.90 Å². The summed E-state index contributed by atoms with van der Waals surface area (Å²) in [5.74, 6) is -0.719. The third-order valence-electron chi connectivity index (χ3n) is 4.54. The molecular weight excluding hydrogens is 276 g/mol. The molecular formula is C14H18N2O3S. The Hall–Kier alpha value is -1.40. The second-order valence-corrected chi connectivity index (χ2v) is 6.60. The number of hydrogen-bond acceptors (Lipinski definition) is 4. The van der Waals surface area contributed by atoms with Crippen molar-refractivity contribution in [1.29, 1.82) is 0 Å². The molecule has 1 aliphatic heterocycles. The number of nitrogens with zero attached hydrogens (tertiary/aromatic N) is 1. The molecule has 0 bridgehead atoms. The number of likely N-dealkylation sites (tertiary alicyclic amines) is 1. The molecule has 3 N–H and O–H groups in total. The lowest BCUT2D eigenvalue weighted by Crippen LogP contribution is -2.46. The summed E-state index contributed by atoms with van der Waals surface area (Å²) in [6, 6.07) is 2.23. The lowest BCUT2D eigenvalue weighted by molar-refractivity contribution is -0.150. The van der Waals surface area contributed by atoms with E-state index in [1.54, 1.807) is 0 Å². The van der Waals surface area contributed by atoms with E-state index in [0.717, 1.165) is 24.1 Å². The van der Waals surface area contributed by atoms with E-state index in [0.29, 0.717) is 12.5 Å². The Balaban J connectivity index is 1.82. The molecule has 3 rings (SSSR count). The number of nitrogens with two attached hydrogens (primary N) is 1. The highest BCUT2D eigenvalue weighted by atomic mass is 32.1. The molecule has 0 spiro atoms. The molecule has 2 heterocycles. The van der Waals surface area contributed by atoms with Crippen LogP contribution in [0.15, 0.2) is 17.5 Å². The Morgan fingerprint density at radius 1 is 1.45 bits per heavy atom. The first-order valence-electron chi connectivity index (χ1n) is 6.92. The van der Waals surface area contributed by atoms with Gasteiger partial charge in [-0.15, -0.1) is 11.3 Å². The Morgan fingerprint density at radius 3 is 2.90 bits per heavy atom. The van der Waals surface area contributed by atoms with Crippen molar-refractivity contribution in [3.05, 3.63) is 22.4 Å². The number of aliphatic carboxylic acids is 1. The van der Waals surface area contributed by atoms with E-state index in [1.165, 1.54) is 16.2 Å². The number of carbonyl (C=O) groups excluding carboxylic acids is 1.